The van der Waals surface area contributed by atoms with E-state index in [1.807, 2.05) is 18.2 Å². The van der Waals surface area contributed by atoms with Crippen molar-refractivity contribution in [2.24, 2.45) is 0 Å². The molecule has 162 valence electrons. The van der Waals surface area contributed by atoms with Gasteiger partial charge < -0.3 is 9.64 Å². The van der Waals surface area contributed by atoms with Gasteiger partial charge in [-0.15, -0.1) is 0 Å². The van der Waals surface area contributed by atoms with Crippen LogP contribution in [-0.4, -0.2) is 67.0 Å². The Morgan fingerprint density at radius 1 is 1.00 bits per heavy atom. The molecule has 1 unspecified atom stereocenters. The number of piperazine rings is 1. The average molecular weight is 423 g/mol. The summed E-state index contributed by atoms with van der Waals surface area (Å²) in [7, 11) is 0. The first-order valence-corrected chi connectivity index (χ1v) is 10.9. The Labute approximate surface area is 181 Å². The summed E-state index contributed by atoms with van der Waals surface area (Å²) in [4.78, 5) is 31.9. The van der Waals surface area contributed by atoms with Gasteiger partial charge in [-0.3, -0.25) is 19.4 Å². The molecule has 5 rings (SSSR count). The third-order valence-electron chi connectivity index (χ3n) is 6.40. The van der Waals surface area contributed by atoms with E-state index in [1.165, 1.54) is 11.0 Å². The molecule has 0 spiro atoms. The number of hydrogen-bond donors (Lipinski definition) is 0. The highest BCUT2D eigenvalue weighted by Gasteiger charge is 2.40. The smallest absolute Gasteiger partial charge is 0.263 e. The fraction of sp³-hybridized carbons (Fsp3) is 0.417. The second kappa shape index (κ2) is 8.40. The highest BCUT2D eigenvalue weighted by atomic mass is 19.1. The van der Waals surface area contributed by atoms with Crippen LogP contribution in [0.2, 0.25) is 0 Å². The number of rotatable bonds is 5. The van der Waals surface area contributed by atoms with Crippen molar-refractivity contribution in [2.75, 3.05) is 44.2 Å². The van der Waals surface area contributed by atoms with Crippen LogP contribution in [-0.2, 0) is 11.3 Å². The predicted molar refractivity (Wildman–Crippen MR) is 115 cm³/mol. The van der Waals surface area contributed by atoms with Crippen LogP contribution in [0.15, 0.2) is 42.5 Å². The molecule has 2 fully saturated rings. The number of anilines is 1. The molecule has 3 aliphatic rings. The zero-order valence-corrected chi connectivity index (χ0v) is 17.4. The van der Waals surface area contributed by atoms with Gasteiger partial charge in [0.15, 0.2) is 0 Å². The molecule has 0 bridgehead atoms. The minimum Gasteiger partial charge on any atom is -0.376 e. The van der Waals surface area contributed by atoms with Crippen LogP contribution in [0.5, 0.6) is 0 Å². The lowest BCUT2D eigenvalue weighted by Crippen LogP contribution is -2.46. The van der Waals surface area contributed by atoms with E-state index in [-0.39, 0.29) is 23.7 Å². The Morgan fingerprint density at radius 3 is 2.55 bits per heavy atom. The van der Waals surface area contributed by atoms with Gasteiger partial charge in [0.05, 0.1) is 29.5 Å². The van der Waals surface area contributed by atoms with Crippen molar-refractivity contribution in [2.45, 2.75) is 25.5 Å². The van der Waals surface area contributed by atoms with Crippen molar-refractivity contribution in [1.82, 2.24) is 9.80 Å². The molecule has 2 aromatic carbocycles. The Bertz CT molecular complexity index is 997. The van der Waals surface area contributed by atoms with Gasteiger partial charge in [-0.25, -0.2) is 4.39 Å². The number of benzene rings is 2. The van der Waals surface area contributed by atoms with Gasteiger partial charge in [-0.2, -0.15) is 0 Å². The molecule has 2 saturated heterocycles. The maximum Gasteiger partial charge on any atom is 0.263 e. The molecular weight excluding hydrogens is 397 g/mol. The summed E-state index contributed by atoms with van der Waals surface area (Å²) in [5.74, 6) is -0.651. The van der Waals surface area contributed by atoms with Crippen molar-refractivity contribution in [1.29, 1.82) is 0 Å². The van der Waals surface area contributed by atoms with Crippen LogP contribution >= 0.6 is 0 Å². The van der Waals surface area contributed by atoms with Crippen molar-refractivity contribution < 1.29 is 18.7 Å². The average Bonchev–Trinajstić information content (AvgIpc) is 3.37. The molecule has 31 heavy (non-hydrogen) atoms. The second-order valence-corrected chi connectivity index (χ2v) is 8.45. The van der Waals surface area contributed by atoms with Crippen molar-refractivity contribution in [3.8, 4) is 0 Å². The molecule has 0 N–H and O–H groups in total. The van der Waals surface area contributed by atoms with Gasteiger partial charge in [-0.05, 0) is 42.7 Å². The highest BCUT2D eigenvalue weighted by molar-refractivity contribution is 6.23. The molecular formula is C24H26FN3O3. The molecule has 7 heteroatoms. The van der Waals surface area contributed by atoms with Gasteiger partial charge in [0, 0.05) is 39.3 Å². The van der Waals surface area contributed by atoms with Gasteiger partial charge in [0.1, 0.15) is 5.82 Å². The summed E-state index contributed by atoms with van der Waals surface area (Å²) < 4.78 is 19.1. The summed E-state index contributed by atoms with van der Waals surface area (Å²) in [5, 5.41) is 0. The zero-order chi connectivity index (χ0) is 21.4. The third kappa shape index (κ3) is 3.95. The monoisotopic (exact) mass is 423 g/mol. The fourth-order valence-electron chi connectivity index (χ4n) is 4.78. The van der Waals surface area contributed by atoms with Gasteiger partial charge in [0.2, 0.25) is 0 Å². The molecule has 3 aliphatic heterocycles. The molecule has 6 nitrogen and oxygen atoms in total. The summed E-state index contributed by atoms with van der Waals surface area (Å²) in [6.07, 6.45) is 1.80. The summed E-state index contributed by atoms with van der Waals surface area (Å²) in [6.45, 7) is 4.83. The lowest BCUT2D eigenvalue weighted by molar-refractivity contribution is 0.0475. The van der Waals surface area contributed by atoms with Crippen molar-refractivity contribution in [3.63, 3.8) is 0 Å². The fourth-order valence-corrected chi connectivity index (χ4v) is 4.78. The largest absolute Gasteiger partial charge is 0.376 e. The molecule has 2 amide bonds. The standard InChI is InChI=1S/C24H26FN3O3/c25-18-5-1-4-17(14-18)15-26-9-11-27(12-10-26)21-8-2-7-20-22(21)24(30)28(23(20)29)16-19-6-3-13-31-19/h1-2,4-5,7-8,14,19H,3,6,9-13,15-16H2. The van der Waals surface area contributed by atoms with Crippen molar-refractivity contribution >= 4 is 17.5 Å². The Hall–Kier alpha value is -2.77. The quantitative estimate of drug-likeness (QED) is 0.693. The first-order valence-electron chi connectivity index (χ1n) is 10.9. The Balaban J connectivity index is 1.29. The summed E-state index contributed by atoms with van der Waals surface area (Å²) >= 11 is 0. The van der Waals surface area contributed by atoms with Gasteiger partial charge >= 0.3 is 0 Å². The SMILES string of the molecule is O=C1c2cccc(N3CCN(Cc4cccc(F)c4)CC3)c2C(=O)N1CC1CCCO1. The molecule has 0 aromatic heterocycles. The Morgan fingerprint density at radius 2 is 1.81 bits per heavy atom. The van der Waals surface area contributed by atoms with E-state index >= 15 is 0 Å². The number of ether oxygens (including phenoxy) is 1. The molecule has 0 radical (unpaired) electrons. The number of amides is 2. The first-order chi connectivity index (χ1) is 15.1. The number of nitrogens with zero attached hydrogens (tertiary/aromatic N) is 3. The normalized spacial score (nSPS) is 21.8. The van der Waals surface area contributed by atoms with Crippen LogP contribution < -0.4 is 4.90 Å². The number of hydrogen-bond acceptors (Lipinski definition) is 5. The lowest BCUT2D eigenvalue weighted by atomic mass is 10.1. The zero-order valence-electron chi connectivity index (χ0n) is 17.4. The first kappa shape index (κ1) is 20.2. The number of carbonyl (C=O) groups excluding carboxylic acids is 2. The van der Waals surface area contributed by atoms with E-state index in [4.69, 9.17) is 4.74 Å². The van der Waals surface area contributed by atoms with E-state index in [1.54, 1.807) is 18.2 Å². The van der Waals surface area contributed by atoms with Crippen LogP contribution in [0.25, 0.3) is 0 Å². The number of fused-ring (bicyclic) bond motifs is 1. The second-order valence-electron chi connectivity index (χ2n) is 8.45. The maximum absolute atomic E-state index is 13.5. The van der Waals surface area contributed by atoms with Crippen LogP contribution in [0.1, 0.15) is 39.1 Å². The lowest BCUT2D eigenvalue weighted by Gasteiger charge is -2.36. The van der Waals surface area contributed by atoms with Crippen LogP contribution in [0, 0.1) is 5.82 Å². The van der Waals surface area contributed by atoms with Crippen LogP contribution in [0.4, 0.5) is 10.1 Å². The number of imide groups is 1. The van der Waals surface area contributed by atoms with Gasteiger partial charge in [0.25, 0.3) is 11.8 Å². The predicted octanol–water partition coefficient (Wildman–Crippen LogP) is 2.92. The van der Waals surface area contributed by atoms with Crippen molar-refractivity contribution in [3.05, 3.63) is 65.0 Å². The Kier molecular flexibility index (Phi) is 5.46. The van der Waals surface area contributed by atoms with Crippen LogP contribution in [0.3, 0.4) is 0 Å². The van der Waals surface area contributed by atoms with Gasteiger partial charge in [-0.1, -0.05) is 18.2 Å². The highest BCUT2D eigenvalue weighted by Crippen LogP contribution is 2.33. The van der Waals surface area contributed by atoms with E-state index in [0.29, 0.717) is 30.8 Å². The maximum atomic E-state index is 13.5. The topological polar surface area (TPSA) is 53.1 Å². The minimum atomic E-state index is -0.220. The van der Waals surface area contributed by atoms with E-state index in [9.17, 15) is 14.0 Å². The summed E-state index contributed by atoms with van der Waals surface area (Å²) in [6, 6.07) is 12.2. The molecule has 0 saturated carbocycles. The number of halogens is 1. The molecule has 1 atom stereocenters. The minimum absolute atomic E-state index is 0.0583. The molecule has 3 heterocycles. The third-order valence-corrected chi connectivity index (χ3v) is 6.40. The van der Waals surface area contributed by atoms with E-state index in [2.05, 4.69) is 9.80 Å². The molecule has 2 aromatic rings. The van der Waals surface area contributed by atoms with E-state index in [0.717, 1.165) is 50.3 Å². The van der Waals surface area contributed by atoms with E-state index < -0.39 is 0 Å². The summed E-state index contributed by atoms with van der Waals surface area (Å²) in [5.41, 5.74) is 2.79. The number of carbonyl (C=O) groups is 2. The molecule has 0 aliphatic carbocycles.